The normalized spacial score (nSPS) is 12.7. The zero-order valence-corrected chi connectivity index (χ0v) is 22.2. The fourth-order valence-electron chi connectivity index (χ4n) is 5.18. The molecule has 0 saturated heterocycles. The van der Waals surface area contributed by atoms with E-state index in [4.69, 9.17) is 0 Å². The molecular weight excluding hydrogens is 469 g/mol. The summed E-state index contributed by atoms with van der Waals surface area (Å²) in [6.45, 7) is 6.90. The van der Waals surface area contributed by atoms with Crippen molar-refractivity contribution in [1.29, 1.82) is 0 Å². The van der Waals surface area contributed by atoms with Gasteiger partial charge in [-0.1, -0.05) is 52.4 Å². The molecule has 32 heavy (non-hydrogen) atoms. The van der Waals surface area contributed by atoms with Crippen molar-refractivity contribution in [3.63, 3.8) is 0 Å². The number of rotatable bonds is 10. The third kappa shape index (κ3) is 3.21. The van der Waals surface area contributed by atoms with E-state index in [1.54, 1.807) is 0 Å². The molecule has 0 unspecified atom stereocenters. The monoisotopic (exact) mass is 498 g/mol. The van der Waals surface area contributed by atoms with Crippen LogP contribution >= 0.6 is 45.3 Å². The molecule has 0 radical (unpaired) electrons. The van der Waals surface area contributed by atoms with Gasteiger partial charge in [-0.3, -0.25) is 0 Å². The van der Waals surface area contributed by atoms with E-state index in [1.165, 1.54) is 102 Å². The SMILES string of the molecule is CCCCCCn1c2ccsc2c2sc3c(sc4c5sccc5n(CCCCCC)c43)c21. The lowest BCUT2D eigenvalue weighted by molar-refractivity contribution is 0.603. The lowest BCUT2D eigenvalue weighted by Crippen LogP contribution is -1.97. The summed E-state index contributed by atoms with van der Waals surface area (Å²) in [5, 5.41) is 4.56. The lowest BCUT2D eigenvalue weighted by Gasteiger charge is -2.06. The third-order valence-electron chi connectivity index (χ3n) is 6.77. The molecule has 6 heterocycles. The molecule has 0 aliphatic carbocycles. The van der Waals surface area contributed by atoms with Crippen molar-refractivity contribution in [1.82, 2.24) is 9.13 Å². The first-order valence-electron chi connectivity index (χ1n) is 12.1. The molecule has 6 rings (SSSR count). The molecule has 0 aliphatic heterocycles. The largest absolute Gasteiger partial charge is 0.338 e. The van der Waals surface area contributed by atoms with Gasteiger partial charge in [0.05, 0.1) is 50.3 Å². The van der Waals surface area contributed by atoms with Crippen LogP contribution in [0.5, 0.6) is 0 Å². The van der Waals surface area contributed by atoms with Gasteiger partial charge in [0.1, 0.15) is 0 Å². The minimum atomic E-state index is 1.15. The van der Waals surface area contributed by atoms with Crippen molar-refractivity contribution in [2.75, 3.05) is 0 Å². The number of aryl methyl sites for hydroxylation is 2. The van der Waals surface area contributed by atoms with E-state index >= 15 is 0 Å². The third-order valence-corrected chi connectivity index (χ3v) is 11.4. The molecule has 6 heteroatoms. The van der Waals surface area contributed by atoms with Crippen molar-refractivity contribution in [2.45, 2.75) is 78.3 Å². The van der Waals surface area contributed by atoms with Gasteiger partial charge in [0.2, 0.25) is 0 Å². The molecule has 0 saturated carbocycles. The fourth-order valence-corrected chi connectivity index (χ4v) is 10.2. The first kappa shape index (κ1) is 21.2. The topological polar surface area (TPSA) is 9.86 Å². The minimum Gasteiger partial charge on any atom is -0.338 e. The standard InChI is InChI=1S/C26H30N2S4/c1-3-5-7-9-13-27-17-11-15-29-21(17)23-19(27)25-26(31-23)20-24(32-25)22-18(12-16-30-22)28(20)14-10-8-6-4-2/h11-12,15-16H,3-10,13-14H2,1-2H3. The Labute approximate surface area is 205 Å². The molecule has 0 bridgehead atoms. The van der Waals surface area contributed by atoms with Gasteiger partial charge in [-0.25, -0.2) is 0 Å². The molecule has 6 aromatic rings. The summed E-state index contributed by atoms with van der Waals surface area (Å²) in [6.07, 6.45) is 10.5. The Balaban J connectivity index is 1.53. The van der Waals surface area contributed by atoms with Crippen LogP contribution < -0.4 is 0 Å². The fraction of sp³-hybridized carbons (Fsp3) is 0.462. The molecule has 0 N–H and O–H groups in total. The summed E-state index contributed by atoms with van der Waals surface area (Å²) in [5.41, 5.74) is 5.95. The predicted molar refractivity (Wildman–Crippen MR) is 150 cm³/mol. The number of nitrogens with zero attached hydrogens (tertiary/aromatic N) is 2. The van der Waals surface area contributed by atoms with Crippen molar-refractivity contribution < 1.29 is 0 Å². The Hall–Kier alpha value is -1.34. The zero-order chi connectivity index (χ0) is 21.7. The van der Waals surface area contributed by atoms with Gasteiger partial charge in [0.15, 0.2) is 0 Å². The highest BCUT2D eigenvalue weighted by Gasteiger charge is 2.24. The summed E-state index contributed by atoms with van der Waals surface area (Å²) in [4.78, 5) is 0. The number of hydrogen-bond acceptors (Lipinski definition) is 4. The molecule has 6 aromatic heterocycles. The van der Waals surface area contributed by atoms with Crippen LogP contribution in [0.2, 0.25) is 0 Å². The lowest BCUT2D eigenvalue weighted by atomic mass is 10.2. The molecule has 0 fully saturated rings. The Morgan fingerprint density at radius 3 is 1.44 bits per heavy atom. The second-order valence-corrected chi connectivity index (χ2v) is 12.8. The average Bonchev–Trinajstić information content (AvgIpc) is 3.58. The van der Waals surface area contributed by atoms with E-state index in [9.17, 15) is 0 Å². The van der Waals surface area contributed by atoms with Crippen molar-refractivity contribution in [3.8, 4) is 0 Å². The van der Waals surface area contributed by atoms with Gasteiger partial charge >= 0.3 is 0 Å². The summed E-state index contributed by atoms with van der Waals surface area (Å²) < 4.78 is 14.4. The summed E-state index contributed by atoms with van der Waals surface area (Å²) in [6, 6.07) is 4.69. The summed E-state index contributed by atoms with van der Waals surface area (Å²) in [7, 11) is 0. The van der Waals surface area contributed by atoms with Crippen molar-refractivity contribution in [3.05, 3.63) is 22.9 Å². The first-order valence-corrected chi connectivity index (χ1v) is 15.5. The highest BCUT2D eigenvalue weighted by Crippen LogP contribution is 2.51. The highest BCUT2D eigenvalue weighted by molar-refractivity contribution is 7.39. The maximum absolute atomic E-state index is 2.66. The van der Waals surface area contributed by atoms with Gasteiger partial charge < -0.3 is 9.13 Å². The highest BCUT2D eigenvalue weighted by atomic mass is 32.1. The number of aromatic nitrogens is 2. The van der Waals surface area contributed by atoms with Crippen LogP contribution in [0.3, 0.4) is 0 Å². The average molecular weight is 499 g/mol. The number of unbranched alkanes of at least 4 members (excludes halogenated alkanes) is 6. The summed E-state index contributed by atoms with van der Waals surface area (Å²) in [5.74, 6) is 0. The van der Waals surface area contributed by atoms with Gasteiger partial charge in [0.25, 0.3) is 0 Å². The van der Waals surface area contributed by atoms with Crippen LogP contribution in [0.4, 0.5) is 0 Å². The van der Waals surface area contributed by atoms with Gasteiger partial charge in [0, 0.05) is 13.1 Å². The molecule has 168 valence electrons. The van der Waals surface area contributed by atoms with E-state index < -0.39 is 0 Å². The maximum Gasteiger partial charge on any atom is 0.0792 e. The van der Waals surface area contributed by atoms with Crippen LogP contribution in [0.1, 0.15) is 65.2 Å². The number of fused-ring (bicyclic) bond motifs is 9. The van der Waals surface area contributed by atoms with E-state index in [-0.39, 0.29) is 0 Å². The van der Waals surface area contributed by atoms with Crippen LogP contribution in [0, 0.1) is 0 Å². The van der Waals surface area contributed by atoms with E-state index in [1.807, 2.05) is 22.7 Å². The Morgan fingerprint density at radius 2 is 1.00 bits per heavy atom. The molecule has 0 aromatic carbocycles. The van der Waals surface area contributed by atoms with Crippen molar-refractivity contribution >= 4 is 95.6 Å². The Kier molecular flexibility index (Phi) is 5.82. The molecule has 0 atom stereocenters. The second-order valence-electron chi connectivity index (χ2n) is 8.91. The number of hydrogen-bond donors (Lipinski definition) is 0. The summed E-state index contributed by atoms with van der Waals surface area (Å²) >= 11 is 7.96. The molecular formula is C26H30N2S4. The smallest absolute Gasteiger partial charge is 0.0792 e. The number of thiophene rings is 4. The maximum atomic E-state index is 2.66. The zero-order valence-electron chi connectivity index (χ0n) is 18.9. The van der Waals surface area contributed by atoms with Crippen LogP contribution in [-0.4, -0.2) is 9.13 Å². The van der Waals surface area contributed by atoms with Gasteiger partial charge in [-0.05, 0) is 35.7 Å². The van der Waals surface area contributed by atoms with Gasteiger partial charge in [-0.15, -0.1) is 45.3 Å². The Morgan fingerprint density at radius 1 is 0.562 bits per heavy atom. The van der Waals surface area contributed by atoms with Crippen LogP contribution in [-0.2, 0) is 13.1 Å². The van der Waals surface area contributed by atoms with E-state index in [2.05, 4.69) is 68.5 Å². The van der Waals surface area contributed by atoms with E-state index in [0.29, 0.717) is 0 Å². The predicted octanol–water partition coefficient (Wildman–Crippen LogP) is 10.5. The molecule has 2 nitrogen and oxygen atoms in total. The minimum absolute atomic E-state index is 1.15. The van der Waals surface area contributed by atoms with Gasteiger partial charge in [-0.2, -0.15) is 0 Å². The first-order chi connectivity index (χ1) is 15.8. The van der Waals surface area contributed by atoms with E-state index in [0.717, 1.165) is 13.1 Å². The second kappa shape index (κ2) is 8.79. The van der Waals surface area contributed by atoms with Crippen LogP contribution in [0.25, 0.3) is 50.3 Å². The molecule has 0 aliphatic rings. The molecule has 0 spiro atoms. The molecule has 0 amide bonds. The Bertz CT molecular complexity index is 1400. The quantitative estimate of drug-likeness (QED) is 0.166. The van der Waals surface area contributed by atoms with Crippen molar-refractivity contribution in [2.24, 2.45) is 0 Å². The van der Waals surface area contributed by atoms with Crippen LogP contribution in [0.15, 0.2) is 22.9 Å².